The number of rotatable bonds is 5. The van der Waals surface area contributed by atoms with Crippen LogP contribution in [0.25, 0.3) is 0 Å². The zero-order chi connectivity index (χ0) is 29.3. The Morgan fingerprint density at radius 2 is 1.59 bits per heavy atom. The second-order valence-electron chi connectivity index (χ2n) is 8.90. The molecule has 7 nitrogen and oxygen atoms in total. The molecule has 212 valence electrons. The van der Waals surface area contributed by atoms with Gasteiger partial charge in [-0.1, -0.05) is 29.3 Å². The fourth-order valence-corrected chi connectivity index (χ4v) is 4.71. The van der Waals surface area contributed by atoms with Crippen LogP contribution in [0.1, 0.15) is 39.4 Å². The third-order valence-electron chi connectivity index (χ3n) is 6.37. The highest BCUT2D eigenvalue weighted by Crippen LogP contribution is 2.38. The number of amides is 4. The number of urea groups is 1. The Morgan fingerprint density at radius 1 is 1.00 bits per heavy atom. The lowest BCUT2D eigenvalue weighted by molar-refractivity contribution is -0.143. The first-order valence-corrected chi connectivity index (χ1v) is 12.1. The quantitative estimate of drug-likeness (QED) is 0.466. The number of primary amides is 1. The standard InChI is InChI=1S/C24H22Cl2F6N4O3/c1-35(21(38)13-6-14(23(27,28)29)9-15(7-13)24(30,31)32)19-4-5-36(20(37)10-34-22(33)39)11-16(19)12-2-3-17(25)18(26)8-12/h2-3,6-9,16,19H,4-5,10-11H2,1H3,(H3,33,34,39)/t16-,19+/m0/s1. The highest BCUT2D eigenvalue weighted by molar-refractivity contribution is 6.42. The second-order valence-corrected chi connectivity index (χ2v) is 9.72. The summed E-state index contributed by atoms with van der Waals surface area (Å²) in [5, 5.41) is 2.57. The van der Waals surface area contributed by atoms with Crippen LogP contribution in [-0.2, 0) is 17.1 Å². The van der Waals surface area contributed by atoms with Crippen LogP contribution in [0.15, 0.2) is 36.4 Å². The predicted molar refractivity (Wildman–Crippen MR) is 130 cm³/mol. The molecule has 1 fully saturated rings. The van der Waals surface area contributed by atoms with Crippen LogP contribution >= 0.6 is 23.2 Å². The van der Waals surface area contributed by atoms with E-state index in [2.05, 4.69) is 5.32 Å². The number of hydrogen-bond acceptors (Lipinski definition) is 3. The van der Waals surface area contributed by atoms with E-state index >= 15 is 0 Å². The molecule has 4 amide bonds. The lowest BCUT2D eigenvalue weighted by Gasteiger charge is -2.43. The average Bonchev–Trinajstić information content (AvgIpc) is 2.86. The second kappa shape index (κ2) is 11.5. The molecule has 1 aliphatic rings. The highest BCUT2D eigenvalue weighted by Gasteiger charge is 2.40. The molecule has 3 rings (SSSR count). The van der Waals surface area contributed by atoms with E-state index in [1.165, 1.54) is 24.1 Å². The van der Waals surface area contributed by atoms with Gasteiger partial charge in [0.15, 0.2) is 0 Å². The molecular formula is C24H22Cl2F6N4O3. The number of carbonyl (C=O) groups excluding carboxylic acids is 3. The number of piperidine rings is 1. The molecule has 0 radical (unpaired) electrons. The van der Waals surface area contributed by atoms with Gasteiger partial charge in [-0.3, -0.25) is 9.59 Å². The number of hydrogen-bond donors (Lipinski definition) is 2. The van der Waals surface area contributed by atoms with Crippen LogP contribution in [-0.4, -0.2) is 60.4 Å². The molecule has 1 aliphatic heterocycles. The molecule has 0 saturated carbocycles. The molecule has 3 N–H and O–H groups in total. The van der Waals surface area contributed by atoms with Crippen molar-refractivity contribution in [2.45, 2.75) is 30.7 Å². The number of nitrogens with one attached hydrogen (secondary N) is 1. The molecule has 2 atom stereocenters. The molecule has 0 aromatic heterocycles. The number of nitrogens with zero attached hydrogens (tertiary/aromatic N) is 2. The lowest BCUT2D eigenvalue weighted by Crippen LogP contribution is -2.53. The van der Waals surface area contributed by atoms with Gasteiger partial charge >= 0.3 is 18.4 Å². The average molecular weight is 599 g/mol. The van der Waals surface area contributed by atoms with Gasteiger partial charge in [-0.15, -0.1) is 0 Å². The molecule has 0 bridgehead atoms. The van der Waals surface area contributed by atoms with Crippen LogP contribution in [0.4, 0.5) is 31.1 Å². The minimum Gasteiger partial charge on any atom is -0.352 e. The Morgan fingerprint density at radius 3 is 2.10 bits per heavy atom. The Labute approximate surface area is 228 Å². The zero-order valence-corrected chi connectivity index (χ0v) is 21.7. The number of likely N-dealkylation sites (N-methyl/N-ethyl adjacent to an activating group) is 1. The molecule has 2 aromatic rings. The van der Waals surface area contributed by atoms with Gasteiger partial charge in [-0.05, 0) is 42.3 Å². The summed E-state index contributed by atoms with van der Waals surface area (Å²) in [4.78, 5) is 39.4. The van der Waals surface area contributed by atoms with E-state index in [1.807, 2.05) is 0 Å². The van der Waals surface area contributed by atoms with E-state index in [9.17, 15) is 40.7 Å². The van der Waals surface area contributed by atoms with Gasteiger partial charge in [0.1, 0.15) is 0 Å². The van der Waals surface area contributed by atoms with E-state index in [0.717, 1.165) is 4.90 Å². The topological polar surface area (TPSA) is 95.7 Å². The first-order chi connectivity index (χ1) is 18.0. The Bertz CT molecular complexity index is 1240. The van der Waals surface area contributed by atoms with Gasteiger partial charge in [0.2, 0.25) is 5.91 Å². The molecular weight excluding hydrogens is 577 g/mol. The fraction of sp³-hybridized carbons (Fsp3) is 0.375. The maximum absolute atomic E-state index is 13.4. The summed E-state index contributed by atoms with van der Waals surface area (Å²) in [6, 6.07) is 3.59. The smallest absolute Gasteiger partial charge is 0.352 e. The first kappa shape index (κ1) is 30.4. The van der Waals surface area contributed by atoms with Gasteiger partial charge < -0.3 is 20.9 Å². The molecule has 0 unspecified atom stereocenters. The monoisotopic (exact) mass is 598 g/mol. The number of nitrogens with two attached hydrogens (primary N) is 1. The maximum atomic E-state index is 13.4. The lowest BCUT2D eigenvalue weighted by atomic mass is 9.84. The van der Waals surface area contributed by atoms with Gasteiger partial charge in [-0.2, -0.15) is 26.3 Å². The summed E-state index contributed by atoms with van der Waals surface area (Å²) in [7, 11) is 1.26. The molecule has 39 heavy (non-hydrogen) atoms. The largest absolute Gasteiger partial charge is 0.416 e. The van der Waals surface area contributed by atoms with Gasteiger partial charge in [-0.25, -0.2) is 4.79 Å². The number of alkyl halides is 6. The predicted octanol–water partition coefficient (Wildman–Crippen LogP) is 5.16. The molecule has 2 aromatic carbocycles. The van der Waals surface area contributed by atoms with Crippen LogP contribution in [0.2, 0.25) is 10.0 Å². The molecule has 15 heteroatoms. The summed E-state index contributed by atoms with van der Waals surface area (Å²) in [5.74, 6) is -2.22. The molecule has 0 aliphatic carbocycles. The summed E-state index contributed by atoms with van der Waals surface area (Å²) in [5.41, 5.74) is 1.51. The minimum absolute atomic E-state index is 0.00405. The Hall–Kier alpha value is -3.19. The van der Waals surface area contributed by atoms with E-state index < -0.39 is 65.4 Å². The van der Waals surface area contributed by atoms with E-state index in [1.54, 1.807) is 6.07 Å². The number of likely N-dealkylation sites (tertiary alicyclic amines) is 1. The van der Waals surface area contributed by atoms with Crippen LogP contribution in [0.3, 0.4) is 0 Å². The van der Waals surface area contributed by atoms with Crippen molar-refractivity contribution >= 4 is 41.0 Å². The number of halogens is 8. The highest BCUT2D eigenvalue weighted by atomic mass is 35.5. The number of carbonyl (C=O) groups is 3. The Balaban J connectivity index is 1.98. The zero-order valence-electron chi connectivity index (χ0n) is 20.2. The summed E-state index contributed by atoms with van der Waals surface area (Å²) in [6.07, 6.45) is -10.1. The van der Waals surface area contributed by atoms with E-state index in [4.69, 9.17) is 28.9 Å². The van der Waals surface area contributed by atoms with Crippen LogP contribution < -0.4 is 11.1 Å². The van der Waals surface area contributed by atoms with Gasteiger partial charge in [0, 0.05) is 37.7 Å². The van der Waals surface area contributed by atoms with Crippen LogP contribution in [0, 0.1) is 0 Å². The first-order valence-electron chi connectivity index (χ1n) is 11.3. The molecule has 1 heterocycles. The minimum atomic E-state index is -5.12. The van der Waals surface area contributed by atoms with Crippen molar-refractivity contribution in [2.24, 2.45) is 5.73 Å². The van der Waals surface area contributed by atoms with Crippen molar-refractivity contribution in [2.75, 3.05) is 26.7 Å². The fourth-order valence-electron chi connectivity index (χ4n) is 4.41. The van der Waals surface area contributed by atoms with E-state index in [0.29, 0.717) is 17.7 Å². The maximum Gasteiger partial charge on any atom is 0.416 e. The normalized spacial score (nSPS) is 18.0. The Kier molecular flexibility index (Phi) is 8.95. The summed E-state index contributed by atoms with van der Waals surface area (Å²) < 4.78 is 80.1. The van der Waals surface area contributed by atoms with Crippen molar-refractivity contribution < 1.29 is 40.7 Å². The summed E-state index contributed by atoms with van der Waals surface area (Å²) in [6.45, 7) is -0.320. The third-order valence-corrected chi connectivity index (χ3v) is 7.11. The van der Waals surface area contributed by atoms with Crippen molar-refractivity contribution in [1.29, 1.82) is 0 Å². The molecule has 0 spiro atoms. The number of benzene rings is 2. The van der Waals surface area contributed by atoms with Gasteiger partial charge in [0.05, 0.1) is 27.7 Å². The van der Waals surface area contributed by atoms with Crippen LogP contribution in [0.5, 0.6) is 0 Å². The van der Waals surface area contributed by atoms with Crippen molar-refractivity contribution in [3.63, 3.8) is 0 Å². The van der Waals surface area contributed by atoms with Crippen molar-refractivity contribution in [1.82, 2.24) is 15.1 Å². The third kappa shape index (κ3) is 7.27. The van der Waals surface area contributed by atoms with Crippen molar-refractivity contribution in [3.05, 3.63) is 68.7 Å². The van der Waals surface area contributed by atoms with Crippen molar-refractivity contribution in [3.8, 4) is 0 Å². The molecule has 1 saturated heterocycles. The van der Waals surface area contributed by atoms with E-state index in [-0.39, 0.29) is 35.6 Å². The summed E-state index contributed by atoms with van der Waals surface area (Å²) >= 11 is 12.2. The van der Waals surface area contributed by atoms with Gasteiger partial charge in [0.25, 0.3) is 5.91 Å². The SMILES string of the molecule is CN(C(=O)c1cc(C(F)(F)F)cc(C(F)(F)F)c1)[C@@H]1CCN(C(=O)CNC(N)=O)C[C@H]1c1ccc(Cl)c(Cl)c1.